The van der Waals surface area contributed by atoms with Gasteiger partial charge in [0.15, 0.2) is 5.69 Å². The Morgan fingerprint density at radius 3 is 2.85 bits per heavy atom. The molecule has 9 heteroatoms. The second-order valence-corrected chi connectivity index (χ2v) is 4.07. The van der Waals surface area contributed by atoms with Crippen LogP contribution >= 0.6 is 0 Å². The molecule has 2 rings (SSSR count). The fourth-order valence-corrected chi connectivity index (χ4v) is 1.56. The number of amides is 1. The molecule has 2 aromatic heterocycles. The summed E-state index contributed by atoms with van der Waals surface area (Å²) in [6, 6.07) is 0.831. The number of carbonyl (C=O) groups is 1. The SMILES string of the molecule is O=C(Cn1ccc(C(F)(F)F)n1)NCCc1cnc[nH]1. The second-order valence-electron chi connectivity index (χ2n) is 4.07. The van der Waals surface area contributed by atoms with Gasteiger partial charge in [-0.15, -0.1) is 0 Å². The first-order chi connectivity index (χ1) is 9.45. The number of alkyl halides is 3. The van der Waals surface area contributed by atoms with Crippen LogP contribution in [0.1, 0.15) is 11.4 Å². The minimum absolute atomic E-state index is 0.251. The molecule has 2 aromatic rings. The van der Waals surface area contributed by atoms with Crippen molar-refractivity contribution in [1.82, 2.24) is 25.1 Å². The molecule has 0 aliphatic rings. The number of rotatable bonds is 5. The highest BCUT2D eigenvalue weighted by molar-refractivity contribution is 5.75. The van der Waals surface area contributed by atoms with E-state index in [2.05, 4.69) is 20.4 Å². The molecule has 0 bridgehead atoms. The summed E-state index contributed by atoms with van der Waals surface area (Å²) in [5.74, 6) is -0.402. The summed E-state index contributed by atoms with van der Waals surface area (Å²) < 4.78 is 37.9. The van der Waals surface area contributed by atoms with Gasteiger partial charge in [0.2, 0.25) is 5.91 Å². The maximum Gasteiger partial charge on any atom is 0.435 e. The fourth-order valence-electron chi connectivity index (χ4n) is 1.56. The number of halogens is 3. The van der Waals surface area contributed by atoms with Gasteiger partial charge in [-0.2, -0.15) is 18.3 Å². The Morgan fingerprint density at radius 1 is 1.45 bits per heavy atom. The summed E-state index contributed by atoms with van der Waals surface area (Å²) >= 11 is 0. The fraction of sp³-hybridized carbons (Fsp3) is 0.364. The number of H-pyrrole nitrogens is 1. The topological polar surface area (TPSA) is 75.6 Å². The van der Waals surface area contributed by atoms with E-state index in [0.29, 0.717) is 13.0 Å². The normalized spacial score (nSPS) is 11.6. The third-order valence-electron chi connectivity index (χ3n) is 2.51. The predicted octanol–water partition coefficient (Wildman–Crippen LogP) is 0.984. The summed E-state index contributed by atoms with van der Waals surface area (Å²) in [6.45, 7) is 0.119. The van der Waals surface area contributed by atoms with Crippen molar-refractivity contribution in [1.29, 1.82) is 0 Å². The third-order valence-corrected chi connectivity index (χ3v) is 2.51. The van der Waals surface area contributed by atoms with Gasteiger partial charge in [0.25, 0.3) is 0 Å². The largest absolute Gasteiger partial charge is 0.435 e. The second kappa shape index (κ2) is 5.76. The molecular formula is C11H12F3N5O. The third kappa shape index (κ3) is 3.84. The molecule has 0 saturated carbocycles. The van der Waals surface area contributed by atoms with Crippen LogP contribution in [0.3, 0.4) is 0 Å². The van der Waals surface area contributed by atoms with Crippen LogP contribution in [0.4, 0.5) is 13.2 Å². The zero-order valence-corrected chi connectivity index (χ0v) is 10.3. The van der Waals surface area contributed by atoms with Crippen LogP contribution in [0.5, 0.6) is 0 Å². The Morgan fingerprint density at radius 2 is 2.25 bits per heavy atom. The van der Waals surface area contributed by atoms with E-state index in [0.717, 1.165) is 22.6 Å². The van der Waals surface area contributed by atoms with Crippen molar-refractivity contribution in [3.8, 4) is 0 Å². The van der Waals surface area contributed by atoms with Gasteiger partial charge in [-0.3, -0.25) is 9.48 Å². The monoisotopic (exact) mass is 287 g/mol. The summed E-state index contributed by atoms with van der Waals surface area (Å²) in [5.41, 5.74) is -0.147. The molecule has 0 aliphatic carbocycles. The molecule has 0 radical (unpaired) electrons. The van der Waals surface area contributed by atoms with Crippen molar-refractivity contribution in [3.63, 3.8) is 0 Å². The lowest BCUT2D eigenvalue weighted by molar-refractivity contribution is -0.141. The van der Waals surface area contributed by atoms with Gasteiger partial charge in [-0.05, 0) is 6.07 Å². The predicted molar refractivity (Wildman–Crippen MR) is 62.5 cm³/mol. The van der Waals surface area contributed by atoms with Crippen LogP contribution < -0.4 is 5.32 Å². The number of aromatic amines is 1. The van der Waals surface area contributed by atoms with E-state index < -0.39 is 17.8 Å². The molecule has 2 N–H and O–H groups in total. The lowest BCUT2D eigenvalue weighted by Gasteiger charge is -2.05. The number of nitrogens with zero attached hydrogens (tertiary/aromatic N) is 3. The zero-order valence-electron chi connectivity index (χ0n) is 10.3. The van der Waals surface area contributed by atoms with Crippen LogP contribution in [-0.4, -0.2) is 32.2 Å². The lowest BCUT2D eigenvalue weighted by atomic mass is 10.3. The lowest BCUT2D eigenvalue weighted by Crippen LogP contribution is -2.29. The zero-order chi connectivity index (χ0) is 14.6. The van der Waals surface area contributed by atoms with Crippen LogP contribution in [0, 0.1) is 0 Å². The highest BCUT2D eigenvalue weighted by atomic mass is 19.4. The van der Waals surface area contributed by atoms with Crippen molar-refractivity contribution >= 4 is 5.91 Å². The van der Waals surface area contributed by atoms with Crippen LogP contribution in [-0.2, 0) is 23.9 Å². The smallest absolute Gasteiger partial charge is 0.354 e. The standard InChI is InChI=1S/C11H12F3N5O/c12-11(13,14)9-2-4-19(18-9)6-10(20)16-3-1-8-5-15-7-17-8/h2,4-5,7H,1,3,6H2,(H,15,17)(H,16,20). The number of carbonyl (C=O) groups excluding carboxylic acids is 1. The highest BCUT2D eigenvalue weighted by Gasteiger charge is 2.33. The number of hydrogen-bond acceptors (Lipinski definition) is 3. The minimum Gasteiger partial charge on any atom is -0.354 e. The number of aromatic nitrogens is 4. The molecule has 1 amide bonds. The van der Waals surface area contributed by atoms with Crippen molar-refractivity contribution in [3.05, 3.63) is 36.2 Å². The Hall–Kier alpha value is -2.32. The molecule has 2 heterocycles. The highest BCUT2D eigenvalue weighted by Crippen LogP contribution is 2.27. The van der Waals surface area contributed by atoms with Crippen LogP contribution in [0.25, 0.3) is 0 Å². The Labute approximate surface area is 112 Å². The van der Waals surface area contributed by atoms with Gasteiger partial charge in [0.05, 0.1) is 6.33 Å². The summed E-state index contributed by atoms with van der Waals surface area (Å²) in [6.07, 6.45) is 0.354. The number of imidazole rings is 1. The van der Waals surface area contributed by atoms with Gasteiger partial charge in [-0.1, -0.05) is 0 Å². The molecule has 108 valence electrons. The molecule has 0 aliphatic heterocycles. The first-order valence-electron chi connectivity index (χ1n) is 5.80. The van der Waals surface area contributed by atoms with Gasteiger partial charge >= 0.3 is 6.18 Å². The van der Waals surface area contributed by atoms with E-state index in [4.69, 9.17) is 0 Å². The molecule has 0 atom stereocenters. The van der Waals surface area contributed by atoms with E-state index in [-0.39, 0.29) is 6.54 Å². The quantitative estimate of drug-likeness (QED) is 0.861. The van der Waals surface area contributed by atoms with E-state index in [1.54, 1.807) is 6.20 Å². The molecule has 0 spiro atoms. The van der Waals surface area contributed by atoms with Crippen LogP contribution in [0.2, 0.25) is 0 Å². The van der Waals surface area contributed by atoms with Gasteiger partial charge in [0.1, 0.15) is 6.54 Å². The Bertz CT molecular complexity index is 561. The molecule has 0 saturated heterocycles. The van der Waals surface area contributed by atoms with E-state index in [9.17, 15) is 18.0 Å². The summed E-state index contributed by atoms with van der Waals surface area (Å²) in [5, 5.41) is 5.88. The van der Waals surface area contributed by atoms with Gasteiger partial charge < -0.3 is 10.3 Å². The van der Waals surface area contributed by atoms with E-state index in [1.807, 2.05) is 0 Å². The maximum atomic E-state index is 12.3. The van der Waals surface area contributed by atoms with Crippen molar-refractivity contribution < 1.29 is 18.0 Å². The molecular weight excluding hydrogens is 275 g/mol. The Kier molecular flexibility index (Phi) is 4.06. The first-order valence-corrected chi connectivity index (χ1v) is 5.80. The van der Waals surface area contributed by atoms with Crippen molar-refractivity contribution in [2.24, 2.45) is 0 Å². The van der Waals surface area contributed by atoms with E-state index in [1.165, 1.54) is 6.33 Å². The summed E-state index contributed by atoms with van der Waals surface area (Å²) in [7, 11) is 0. The molecule has 0 unspecified atom stereocenters. The van der Waals surface area contributed by atoms with Crippen molar-refractivity contribution in [2.45, 2.75) is 19.1 Å². The average molecular weight is 287 g/mol. The van der Waals surface area contributed by atoms with Gasteiger partial charge in [0, 0.05) is 31.1 Å². The number of hydrogen-bond donors (Lipinski definition) is 2. The first kappa shape index (κ1) is 14.1. The molecule has 0 aromatic carbocycles. The molecule has 6 nitrogen and oxygen atoms in total. The average Bonchev–Trinajstić information content (AvgIpc) is 2.98. The number of nitrogens with one attached hydrogen (secondary N) is 2. The van der Waals surface area contributed by atoms with E-state index >= 15 is 0 Å². The summed E-state index contributed by atoms with van der Waals surface area (Å²) in [4.78, 5) is 18.2. The maximum absolute atomic E-state index is 12.3. The molecule has 20 heavy (non-hydrogen) atoms. The molecule has 0 fully saturated rings. The van der Waals surface area contributed by atoms with Crippen molar-refractivity contribution in [2.75, 3.05) is 6.54 Å². The Balaban J connectivity index is 1.78. The minimum atomic E-state index is -4.50. The van der Waals surface area contributed by atoms with Gasteiger partial charge in [-0.25, -0.2) is 4.98 Å². The van der Waals surface area contributed by atoms with Crippen LogP contribution in [0.15, 0.2) is 24.8 Å².